The molecule has 1 aromatic rings. The Morgan fingerprint density at radius 1 is 1.46 bits per heavy atom. The van der Waals surface area contributed by atoms with Crippen molar-refractivity contribution in [2.75, 3.05) is 5.32 Å². The summed E-state index contributed by atoms with van der Waals surface area (Å²) in [7, 11) is 0. The van der Waals surface area contributed by atoms with Gasteiger partial charge >= 0.3 is 0 Å². The number of hydrogen-bond donors (Lipinski definition) is 3. The minimum Gasteiger partial charge on any atom is -0.332 e. The van der Waals surface area contributed by atoms with Crippen LogP contribution in [0.2, 0.25) is 0 Å². The highest BCUT2D eigenvalue weighted by Crippen LogP contribution is 2.12. The fourth-order valence-corrected chi connectivity index (χ4v) is 1.09. The van der Waals surface area contributed by atoms with Gasteiger partial charge in [-0.25, -0.2) is 10.2 Å². The Morgan fingerprint density at radius 2 is 2.15 bits per heavy atom. The van der Waals surface area contributed by atoms with Crippen molar-refractivity contribution in [3.63, 3.8) is 0 Å². The molecule has 0 saturated carbocycles. The fraction of sp³-hybridized carbons (Fsp3) is 0.125. The summed E-state index contributed by atoms with van der Waals surface area (Å²) in [6, 6.07) is 4.55. The molecule has 70 valence electrons. The quantitative estimate of drug-likeness (QED) is 0.362. The first-order chi connectivity index (χ1) is 6.11. The van der Waals surface area contributed by atoms with E-state index in [9.17, 15) is 4.39 Å². The smallest absolute Gasteiger partial charge is 0.185 e. The standard InChI is InChI=1S/C8H10FN3S/c1-5-2-6(9)4-7(3-5)11-8(13)12-10/h2-4H,10H2,1H3,(H2,11,12,13). The van der Waals surface area contributed by atoms with Gasteiger partial charge in [-0.2, -0.15) is 0 Å². The summed E-state index contributed by atoms with van der Waals surface area (Å²) in [5, 5.41) is 2.98. The molecule has 0 atom stereocenters. The fourth-order valence-electron chi connectivity index (χ4n) is 0.976. The van der Waals surface area contributed by atoms with E-state index in [2.05, 4.69) is 10.7 Å². The van der Waals surface area contributed by atoms with E-state index in [-0.39, 0.29) is 10.9 Å². The van der Waals surface area contributed by atoms with Crippen LogP contribution in [-0.2, 0) is 0 Å². The molecule has 0 aliphatic rings. The first kappa shape index (κ1) is 9.88. The molecule has 0 fully saturated rings. The van der Waals surface area contributed by atoms with Gasteiger partial charge in [0.1, 0.15) is 5.82 Å². The van der Waals surface area contributed by atoms with Gasteiger partial charge in [-0.15, -0.1) is 0 Å². The Bertz CT molecular complexity index is 307. The lowest BCUT2D eigenvalue weighted by Gasteiger charge is -2.07. The molecule has 0 aliphatic carbocycles. The van der Waals surface area contributed by atoms with Crippen LogP contribution in [0, 0.1) is 12.7 Å². The van der Waals surface area contributed by atoms with E-state index in [1.54, 1.807) is 13.0 Å². The topological polar surface area (TPSA) is 50.1 Å². The molecule has 0 aliphatic heterocycles. The second-order valence-corrected chi connectivity index (χ2v) is 3.02. The van der Waals surface area contributed by atoms with Crippen molar-refractivity contribution in [1.82, 2.24) is 5.43 Å². The van der Waals surface area contributed by atoms with Gasteiger partial charge < -0.3 is 10.7 Å². The van der Waals surface area contributed by atoms with Crippen molar-refractivity contribution in [1.29, 1.82) is 0 Å². The van der Waals surface area contributed by atoms with E-state index in [1.807, 2.05) is 0 Å². The van der Waals surface area contributed by atoms with E-state index >= 15 is 0 Å². The molecule has 0 heterocycles. The third-order valence-electron chi connectivity index (χ3n) is 1.43. The van der Waals surface area contributed by atoms with Crippen molar-refractivity contribution >= 4 is 23.0 Å². The van der Waals surface area contributed by atoms with Crippen LogP contribution in [0.5, 0.6) is 0 Å². The van der Waals surface area contributed by atoms with Gasteiger partial charge in [-0.1, -0.05) is 0 Å². The predicted octanol–water partition coefficient (Wildman–Crippen LogP) is 1.29. The van der Waals surface area contributed by atoms with Gasteiger partial charge in [0.05, 0.1) is 0 Å². The van der Waals surface area contributed by atoms with Gasteiger partial charge in [-0.3, -0.25) is 0 Å². The molecule has 3 nitrogen and oxygen atoms in total. The second-order valence-electron chi connectivity index (χ2n) is 2.62. The molecule has 4 N–H and O–H groups in total. The third kappa shape index (κ3) is 2.96. The van der Waals surface area contributed by atoms with Crippen molar-refractivity contribution in [3.8, 4) is 0 Å². The van der Waals surface area contributed by atoms with Crippen LogP contribution in [0.4, 0.5) is 10.1 Å². The Hall–Kier alpha value is -1.20. The van der Waals surface area contributed by atoms with Crippen LogP contribution >= 0.6 is 12.2 Å². The number of hydrazine groups is 1. The minimum absolute atomic E-state index is 0.255. The summed E-state index contributed by atoms with van der Waals surface area (Å²) in [5.41, 5.74) is 3.66. The third-order valence-corrected chi connectivity index (χ3v) is 1.65. The average Bonchev–Trinajstić information content (AvgIpc) is 2.02. The Labute approximate surface area is 81.1 Å². The van der Waals surface area contributed by atoms with Crippen molar-refractivity contribution in [2.24, 2.45) is 5.84 Å². The molecule has 5 heteroatoms. The molecule has 0 amide bonds. The lowest BCUT2D eigenvalue weighted by Crippen LogP contribution is -2.34. The van der Waals surface area contributed by atoms with E-state index < -0.39 is 0 Å². The molecule has 0 aromatic heterocycles. The van der Waals surface area contributed by atoms with Crippen LogP contribution in [0.25, 0.3) is 0 Å². The van der Waals surface area contributed by atoms with E-state index in [0.29, 0.717) is 5.69 Å². The highest BCUT2D eigenvalue weighted by Gasteiger charge is 1.98. The number of anilines is 1. The highest BCUT2D eigenvalue weighted by molar-refractivity contribution is 7.80. The van der Waals surface area contributed by atoms with Crippen LogP contribution < -0.4 is 16.6 Å². The SMILES string of the molecule is Cc1cc(F)cc(NC(=S)NN)c1. The monoisotopic (exact) mass is 199 g/mol. The number of halogens is 1. The van der Waals surface area contributed by atoms with E-state index in [4.69, 9.17) is 18.1 Å². The maximum Gasteiger partial charge on any atom is 0.185 e. The summed E-state index contributed by atoms with van der Waals surface area (Å²) >= 11 is 4.75. The predicted molar refractivity (Wildman–Crippen MR) is 54.7 cm³/mol. The van der Waals surface area contributed by atoms with Gasteiger partial charge in [-0.05, 0) is 42.9 Å². The summed E-state index contributed by atoms with van der Waals surface area (Å²) in [5.74, 6) is 4.75. The molecular weight excluding hydrogens is 189 g/mol. The number of thiocarbonyl (C=S) groups is 1. The van der Waals surface area contributed by atoms with Crippen molar-refractivity contribution < 1.29 is 4.39 Å². The van der Waals surface area contributed by atoms with Crippen LogP contribution in [-0.4, -0.2) is 5.11 Å². The second kappa shape index (κ2) is 4.15. The zero-order valence-electron chi connectivity index (χ0n) is 7.10. The molecule has 1 aromatic carbocycles. The van der Waals surface area contributed by atoms with Gasteiger partial charge in [0.2, 0.25) is 0 Å². The highest BCUT2D eigenvalue weighted by atomic mass is 32.1. The summed E-state index contributed by atoms with van der Waals surface area (Å²) in [6.07, 6.45) is 0. The molecule has 0 unspecified atom stereocenters. The van der Waals surface area contributed by atoms with Crippen LogP contribution in [0.15, 0.2) is 18.2 Å². The van der Waals surface area contributed by atoms with Crippen LogP contribution in [0.1, 0.15) is 5.56 Å². The first-order valence-electron chi connectivity index (χ1n) is 3.66. The van der Waals surface area contributed by atoms with Gasteiger partial charge in [0.15, 0.2) is 5.11 Å². The summed E-state index contributed by atoms with van der Waals surface area (Å²) in [4.78, 5) is 0. The Morgan fingerprint density at radius 3 is 2.69 bits per heavy atom. The number of aryl methyl sites for hydroxylation is 1. The maximum atomic E-state index is 12.8. The maximum absolute atomic E-state index is 12.8. The molecule has 0 saturated heterocycles. The normalized spacial score (nSPS) is 9.46. The number of rotatable bonds is 1. The number of hydrogen-bond acceptors (Lipinski definition) is 2. The Balaban J connectivity index is 2.83. The van der Waals surface area contributed by atoms with Gasteiger partial charge in [0, 0.05) is 5.69 Å². The molecular formula is C8H10FN3S. The van der Waals surface area contributed by atoms with Crippen molar-refractivity contribution in [3.05, 3.63) is 29.6 Å². The number of nitrogens with one attached hydrogen (secondary N) is 2. The largest absolute Gasteiger partial charge is 0.332 e. The molecule has 1 rings (SSSR count). The van der Waals surface area contributed by atoms with Crippen LogP contribution in [0.3, 0.4) is 0 Å². The van der Waals surface area contributed by atoms with E-state index in [1.165, 1.54) is 12.1 Å². The molecule has 0 radical (unpaired) electrons. The van der Waals surface area contributed by atoms with Crippen molar-refractivity contribution in [2.45, 2.75) is 6.92 Å². The molecule has 13 heavy (non-hydrogen) atoms. The lowest BCUT2D eigenvalue weighted by atomic mass is 10.2. The van der Waals surface area contributed by atoms with Gasteiger partial charge in [0.25, 0.3) is 0 Å². The zero-order chi connectivity index (χ0) is 9.84. The first-order valence-corrected chi connectivity index (χ1v) is 4.07. The lowest BCUT2D eigenvalue weighted by molar-refractivity contribution is 0.627. The van der Waals surface area contributed by atoms with E-state index in [0.717, 1.165) is 5.56 Å². The minimum atomic E-state index is -0.303. The molecule has 0 bridgehead atoms. The molecule has 0 spiro atoms. The average molecular weight is 199 g/mol. The Kier molecular flexibility index (Phi) is 3.16. The summed E-state index contributed by atoms with van der Waals surface area (Å²) in [6.45, 7) is 1.80. The zero-order valence-corrected chi connectivity index (χ0v) is 7.91. The number of benzene rings is 1. The summed E-state index contributed by atoms with van der Waals surface area (Å²) < 4.78 is 12.8. The number of nitrogens with two attached hydrogens (primary N) is 1.